The van der Waals surface area contributed by atoms with Crippen molar-refractivity contribution < 1.29 is 32.2 Å². The number of carbonyl (C=O) groups excluding carboxylic acids is 2. The van der Waals surface area contributed by atoms with Crippen molar-refractivity contribution in [2.75, 3.05) is 19.8 Å². The second-order valence-corrected chi connectivity index (χ2v) is 6.75. The summed E-state index contributed by atoms with van der Waals surface area (Å²) in [6.07, 6.45) is -1.30. The summed E-state index contributed by atoms with van der Waals surface area (Å²) in [5.41, 5.74) is 4.96. The zero-order valence-electron chi connectivity index (χ0n) is 13.0. The second-order valence-electron chi connectivity index (χ2n) is 4.99. The maximum Gasteiger partial charge on any atom is 0.307 e. The molecule has 1 atom stereocenters. The van der Waals surface area contributed by atoms with E-state index >= 15 is 0 Å². The summed E-state index contributed by atoms with van der Waals surface area (Å²) in [6, 6.07) is 4.24. The van der Waals surface area contributed by atoms with Crippen LogP contribution < -0.4 is 19.9 Å². The van der Waals surface area contributed by atoms with Gasteiger partial charge in [0.2, 0.25) is 10.0 Å². The smallest absolute Gasteiger partial charge is 0.307 e. The molecule has 0 spiro atoms. The molecule has 2 rings (SSSR count). The highest BCUT2D eigenvalue weighted by Gasteiger charge is 2.20. The molecule has 0 aliphatic carbocycles. The van der Waals surface area contributed by atoms with E-state index in [4.69, 9.17) is 19.9 Å². The minimum Gasteiger partial charge on any atom is -0.486 e. The number of esters is 1. The maximum atomic E-state index is 12.2. The van der Waals surface area contributed by atoms with Gasteiger partial charge in [-0.2, -0.15) is 0 Å². The summed E-state index contributed by atoms with van der Waals surface area (Å²) in [5.74, 6) is -0.686. The molecule has 1 aromatic carbocycles. The molecule has 1 heterocycles. The molecule has 0 bridgehead atoms. The Hall–Kier alpha value is -2.33. The summed E-state index contributed by atoms with van der Waals surface area (Å²) in [4.78, 5) is 22.2. The number of ether oxygens (including phenoxy) is 3. The molecule has 132 valence electrons. The fourth-order valence-corrected chi connectivity index (χ4v) is 2.92. The molecular formula is C14H18N2O7S. The third kappa shape index (κ3) is 4.59. The molecule has 1 aliphatic rings. The van der Waals surface area contributed by atoms with Crippen molar-refractivity contribution in [2.24, 2.45) is 5.73 Å². The molecule has 1 aromatic rings. The van der Waals surface area contributed by atoms with E-state index in [1.807, 2.05) is 0 Å². The Bertz CT molecular complexity index is 733. The molecular weight excluding hydrogens is 340 g/mol. The number of nitrogens with one attached hydrogen (secondary N) is 1. The molecule has 3 N–H and O–H groups in total. The maximum absolute atomic E-state index is 12.2. The Labute approximate surface area is 139 Å². The Morgan fingerprint density at radius 3 is 2.62 bits per heavy atom. The van der Waals surface area contributed by atoms with E-state index in [9.17, 15) is 18.0 Å². The normalized spacial score (nSPS) is 14.7. The topological polar surface area (TPSA) is 134 Å². The Morgan fingerprint density at radius 1 is 1.29 bits per heavy atom. The van der Waals surface area contributed by atoms with Crippen LogP contribution in [0.1, 0.15) is 13.3 Å². The van der Waals surface area contributed by atoms with Gasteiger partial charge in [0.1, 0.15) is 13.2 Å². The third-order valence-electron chi connectivity index (χ3n) is 3.15. The predicted octanol–water partition coefficient (Wildman–Crippen LogP) is -0.457. The standard InChI is InChI=1S/C14H18N2O7S/c1-9(14(15)18)23-13(17)4-5-16-24(19,20)10-2-3-11-12(8-10)22-7-6-21-11/h2-3,8-9,16H,4-7H2,1H3,(H2,15,18). The van der Waals surface area contributed by atoms with E-state index in [0.29, 0.717) is 24.7 Å². The number of hydrogen-bond acceptors (Lipinski definition) is 7. The Balaban J connectivity index is 1.92. The molecule has 1 aliphatic heterocycles. The van der Waals surface area contributed by atoms with Gasteiger partial charge in [-0.15, -0.1) is 0 Å². The van der Waals surface area contributed by atoms with Crippen LogP contribution in [-0.4, -0.2) is 46.2 Å². The van der Waals surface area contributed by atoms with Crippen LogP contribution in [0.25, 0.3) is 0 Å². The molecule has 0 radical (unpaired) electrons. The molecule has 1 amide bonds. The van der Waals surface area contributed by atoms with E-state index in [2.05, 4.69) is 4.72 Å². The average Bonchev–Trinajstić information content (AvgIpc) is 2.54. The van der Waals surface area contributed by atoms with Crippen LogP contribution in [0.5, 0.6) is 11.5 Å². The highest BCUT2D eigenvalue weighted by molar-refractivity contribution is 7.89. The molecule has 9 nitrogen and oxygen atoms in total. The summed E-state index contributed by atoms with van der Waals surface area (Å²) < 4.78 is 42.0. The van der Waals surface area contributed by atoms with Gasteiger partial charge in [0.25, 0.3) is 5.91 Å². The van der Waals surface area contributed by atoms with Crippen LogP contribution in [0.15, 0.2) is 23.1 Å². The SMILES string of the molecule is CC(OC(=O)CCNS(=O)(=O)c1ccc2c(c1)OCCO2)C(N)=O. The van der Waals surface area contributed by atoms with Crippen molar-refractivity contribution in [3.63, 3.8) is 0 Å². The lowest BCUT2D eigenvalue weighted by atomic mass is 10.3. The number of sulfonamides is 1. The fraction of sp³-hybridized carbons (Fsp3) is 0.429. The summed E-state index contributed by atoms with van der Waals surface area (Å²) in [7, 11) is -3.82. The quantitative estimate of drug-likeness (QED) is 0.630. The Kier molecular flexibility index (Phi) is 5.62. The first-order chi connectivity index (χ1) is 11.3. The first kappa shape index (κ1) is 18.0. The summed E-state index contributed by atoms with van der Waals surface area (Å²) >= 11 is 0. The van der Waals surface area contributed by atoms with Crippen LogP contribution in [0, 0.1) is 0 Å². The number of carbonyl (C=O) groups is 2. The van der Waals surface area contributed by atoms with Gasteiger partial charge in [0.05, 0.1) is 11.3 Å². The molecule has 0 aromatic heterocycles. The van der Waals surface area contributed by atoms with E-state index in [1.54, 1.807) is 0 Å². The highest BCUT2D eigenvalue weighted by atomic mass is 32.2. The van der Waals surface area contributed by atoms with Crippen molar-refractivity contribution >= 4 is 21.9 Å². The zero-order chi connectivity index (χ0) is 17.7. The van der Waals surface area contributed by atoms with Gasteiger partial charge in [-0.3, -0.25) is 9.59 Å². The second kappa shape index (κ2) is 7.49. The van der Waals surface area contributed by atoms with E-state index < -0.39 is 28.0 Å². The lowest BCUT2D eigenvalue weighted by Crippen LogP contribution is -2.32. The van der Waals surface area contributed by atoms with Gasteiger partial charge >= 0.3 is 5.97 Å². The number of benzene rings is 1. The number of nitrogens with two attached hydrogens (primary N) is 1. The van der Waals surface area contributed by atoms with Crippen molar-refractivity contribution in [1.29, 1.82) is 0 Å². The van der Waals surface area contributed by atoms with Gasteiger partial charge in [-0.1, -0.05) is 0 Å². The summed E-state index contributed by atoms with van der Waals surface area (Å²) in [6.45, 7) is 1.90. The van der Waals surface area contributed by atoms with Gasteiger partial charge in [0.15, 0.2) is 17.6 Å². The van der Waals surface area contributed by atoms with Gasteiger partial charge < -0.3 is 19.9 Å². The lowest BCUT2D eigenvalue weighted by Gasteiger charge is -2.18. The number of fused-ring (bicyclic) bond motifs is 1. The zero-order valence-corrected chi connectivity index (χ0v) is 13.8. The first-order valence-corrected chi connectivity index (χ1v) is 8.66. The van der Waals surface area contributed by atoms with Gasteiger partial charge in [-0.25, -0.2) is 13.1 Å². The van der Waals surface area contributed by atoms with Crippen molar-refractivity contribution in [1.82, 2.24) is 4.72 Å². The van der Waals surface area contributed by atoms with Crippen LogP contribution in [0.3, 0.4) is 0 Å². The van der Waals surface area contributed by atoms with Crippen molar-refractivity contribution in [2.45, 2.75) is 24.3 Å². The molecule has 0 saturated carbocycles. The predicted molar refractivity (Wildman–Crippen MR) is 82.0 cm³/mol. The number of amides is 1. The van der Waals surface area contributed by atoms with Crippen molar-refractivity contribution in [3.05, 3.63) is 18.2 Å². The summed E-state index contributed by atoms with van der Waals surface area (Å²) in [5, 5.41) is 0. The molecule has 0 fully saturated rings. The number of rotatable bonds is 7. The van der Waals surface area contributed by atoms with Crippen LogP contribution in [0.4, 0.5) is 0 Å². The monoisotopic (exact) mass is 358 g/mol. The van der Waals surface area contributed by atoms with Gasteiger partial charge in [-0.05, 0) is 19.1 Å². The minimum atomic E-state index is -3.82. The van der Waals surface area contributed by atoms with E-state index in [-0.39, 0.29) is 17.9 Å². The lowest BCUT2D eigenvalue weighted by molar-refractivity contribution is -0.153. The molecule has 24 heavy (non-hydrogen) atoms. The highest BCUT2D eigenvalue weighted by Crippen LogP contribution is 2.32. The van der Waals surface area contributed by atoms with Crippen molar-refractivity contribution in [3.8, 4) is 11.5 Å². The van der Waals surface area contributed by atoms with Crippen LogP contribution in [-0.2, 0) is 24.3 Å². The minimum absolute atomic E-state index is 0.00868. The number of primary amides is 1. The van der Waals surface area contributed by atoms with Gasteiger partial charge in [0, 0.05) is 12.6 Å². The largest absolute Gasteiger partial charge is 0.486 e. The molecule has 0 saturated heterocycles. The van der Waals surface area contributed by atoms with E-state index in [0.717, 1.165) is 0 Å². The van der Waals surface area contributed by atoms with Crippen LogP contribution >= 0.6 is 0 Å². The average molecular weight is 358 g/mol. The van der Waals surface area contributed by atoms with E-state index in [1.165, 1.54) is 25.1 Å². The fourth-order valence-electron chi connectivity index (χ4n) is 1.88. The molecule has 10 heteroatoms. The Morgan fingerprint density at radius 2 is 1.96 bits per heavy atom. The third-order valence-corrected chi connectivity index (χ3v) is 4.61. The molecule has 1 unspecified atom stereocenters. The van der Waals surface area contributed by atoms with Crippen LogP contribution in [0.2, 0.25) is 0 Å². The number of hydrogen-bond donors (Lipinski definition) is 2. The first-order valence-electron chi connectivity index (χ1n) is 7.18.